The van der Waals surface area contributed by atoms with Crippen LogP contribution >= 0.6 is 0 Å². The second kappa shape index (κ2) is 8.01. The molecule has 1 fully saturated rings. The number of carboxylic acids is 1. The molecule has 0 aromatic heterocycles. The van der Waals surface area contributed by atoms with E-state index in [1.807, 2.05) is 0 Å². The first-order chi connectivity index (χ1) is 6.16. The third kappa shape index (κ3) is 9.30. The normalized spacial score (nSPS) is 16.5. The van der Waals surface area contributed by atoms with Crippen LogP contribution in [0.1, 0.15) is 26.7 Å². The molecule has 0 unspecified atom stereocenters. The number of aliphatic carboxylic acids is 1. The van der Waals surface area contributed by atoms with Gasteiger partial charge in [0.2, 0.25) is 0 Å². The fourth-order valence-corrected chi connectivity index (χ4v) is 1.13. The minimum atomic E-state index is -0.833. The number of hydrogen-bond acceptors (Lipinski definition) is 3. The molecular weight excluding hydrogens is 168 g/mol. The third-order valence-electron chi connectivity index (χ3n) is 1.77. The highest BCUT2D eigenvalue weighted by atomic mass is 16.4. The van der Waals surface area contributed by atoms with Crippen molar-refractivity contribution in [3.63, 3.8) is 0 Å². The number of carbonyl (C=O) groups is 1. The zero-order chi connectivity index (χ0) is 10.1. The Morgan fingerprint density at radius 3 is 2.62 bits per heavy atom. The summed E-state index contributed by atoms with van der Waals surface area (Å²) in [5.74, 6) is -0.833. The van der Waals surface area contributed by atoms with E-state index < -0.39 is 5.97 Å². The lowest BCUT2D eigenvalue weighted by atomic mass is 10.3. The van der Waals surface area contributed by atoms with Crippen LogP contribution in [0.15, 0.2) is 0 Å². The molecule has 13 heavy (non-hydrogen) atoms. The Kier molecular flexibility index (Phi) is 7.63. The lowest BCUT2D eigenvalue weighted by Crippen LogP contribution is -2.22. The second-order valence-corrected chi connectivity index (χ2v) is 3.15. The van der Waals surface area contributed by atoms with Crippen molar-refractivity contribution in [1.29, 1.82) is 0 Å². The van der Waals surface area contributed by atoms with Crippen molar-refractivity contribution in [3.8, 4) is 0 Å². The van der Waals surface area contributed by atoms with Gasteiger partial charge in [0.15, 0.2) is 0 Å². The monoisotopic (exact) mass is 188 g/mol. The standard InChI is InChI=1S/C7H16N2.C2H4O2/c1-2-3-5-9-6-4-8-7-9;1-2(3)4/h8H,2-7H2,1H3;1H3,(H,3,4). The molecule has 4 heteroatoms. The fraction of sp³-hybridized carbons (Fsp3) is 0.889. The van der Waals surface area contributed by atoms with Crippen LogP contribution < -0.4 is 5.32 Å². The van der Waals surface area contributed by atoms with Gasteiger partial charge in [-0.2, -0.15) is 0 Å². The molecule has 0 radical (unpaired) electrons. The highest BCUT2D eigenvalue weighted by Gasteiger charge is 2.07. The summed E-state index contributed by atoms with van der Waals surface area (Å²) in [6, 6.07) is 0. The molecule has 1 heterocycles. The lowest BCUT2D eigenvalue weighted by Gasteiger charge is -2.11. The first-order valence-electron chi connectivity index (χ1n) is 4.79. The summed E-state index contributed by atoms with van der Waals surface area (Å²) in [7, 11) is 0. The van der Waals surface area contributed by atoms with E-state index in [4.69, 9.17) is 9.90 Å². The van der Waals surface area contributed by atoms with Crippen LogP contribution in [0.25, 0.3) is 0 Å². The maximum Gasteiger partial charge on any atom is 0.300 e. The van der Waals surface area contributed by atoms with Crippen LogP contribution in [0.2, 0.25) is 0 Å². The molecule has 0 amide bonds. The van der Waals surface area contributed by atoms with Crippen LogP contribution in [-0.2, 0) is 4.79 Å². The number of unbranched alkanes of at least 4 members (excludes halogenated alkanes) is 1. The van der Waals surface area contributed by atoms with Crippen LogP contribution in [0.3, 0.4) is 0 Å². The van der Waals surface area contributed by atoms with Gasteiger partial charge < -0.3 is 10.4 Å². The highest BCUT2D eigenvalue weighted by Crippen LogP contribution is 1.95. The Labute approximate surface area is 79.9 Å². The molecular formula is C9H20N2O2. The van der Waals surface area contributed by atoms with E-state index in [1.165, 1.54) is 32.5 Å². The summed E-state index contributed by atoms with van der Waals surface area (Å²) in [4.78, 5) is 11.5. The SMILES string of the molecule is CC(=O)O.CCCCN1CCNC1. The molecule has 0 saturated carbocycles. The van der Waals surface area contributed by atoms with Crippen molar-refractivity contribution in [2.75, 3.05) is 26.3 Å². The summed E-state index contributed by atoms with van der Waals surface area (Å²) in [6.45, 7) is 8.15. The molecule has 0 atom stereocenters. The summed E-state index contributed by atoms with van der Waals surface area (Å²) in [5.41, 5.74) is 0. The Morgan fingerprint density at radius 2 is 2.23 bits per heavy atom. The van der Waals surface area contributed by atoms with Crippen LogP contribution in [-0.4, -0.2) is 42.3 Å². The second-order valence-electron chi connectivity index (χ2n) is 3.15. The van der Waals surface area contributed by atoms with E-state index >= 15 is 0 Å². The molecule has 0 aliphatic carbocycles. The molecule has 1 rings (SSSR count). The maximum absolute atomic E-state index is 9.00. The van der Waals surface area contributed by atoms with E-state index in [9.17, 15) is 0 Å². The summed E-state index contributed by atoms with van der Waals surface area (Å²) >= 11 is 0. The van der Waals surface area contributed by atoms with E-state index in [1.54, 1.807) is 0 Å². The molecule has 2 N–H and O–H groups in total. The fourth-order valence-electron chi connectivity index (χ4n) is 1.13. The minimum absolute atomic E-state index is 0.833. The summed E-state index contributed by atoms with van der Waals surface area (Å²) < 4.78 is 0. The number of hydrogen-bond donors (Lipinski definition) is 2. The number of rotatable bonds is 3. The van der Waals surface area contributed by atoms with Gasteiger partial charge in [-0.15, -0.1) is 0 Å². The Hall–Kier alpha value is -0.610. The highest BCUT2D eigenvalue weighted by molar-refractivity contribution is 5.62. The van der Waals surface area contributed by atoms with Gasteiger partial charge in [-0.05, 0) is 13.0 Å². The summed E-state index contributed by atoms with van der Waals surface area (Å²) in [6.07, 6.45) is 2.66. The maximum atomic E-state index is 9.00. The predicted molar refractivity (Wildman–Crippen MR) is 52.7 cm³/mol. The third-order valence-corrected chi connectivity index (χ3v) is 1.77. The van der Waals surface area contributed by atoms with Gasteiger partial charge in [0.05, 0.1) is 0 Å². The van der Waals surface area contributed by atoms with Gasteiger partial charge in [-0.1, -0.05) is 13.3 Å². The first-order valence-corrected chi connectivity index (χ1v) is 4.79. The molecule has 0 aromatic carbocycles. The molecule has 0 aromatic rings. The largest absolute Gasteiger partial charge is 0.481 e. The van der Waals surface area contributed by atoms with Gasteiger partial charge in [-0.3, -0.25) is 9.69 Å². The van der Waals surface area contributed by atoms with Gasteiger partial charge in [-0.25, -0.2) is 0 Å². The van der Waals surface area contributed by atoms with Crippen molar-refractivity contribution >= 4 is 5.97 Å². The smallest absolute Gasteiger partial charge is 0.300 e. The summed E-state index contributed by atoms with van der Waals surface area (Å²) in [5, 5.41) is 10.7. The van der Waals surface area contributed by atoms with E-state index in [0.717, 1.165) is 13.6 Å². The Morgan fingerprint density at radius 1 is 1.62 bits per heavy atom. The number of nitrogens with one attached hydrogen (secondary N) is 1. The predicted octanol–water partition coefficient (Wildman–Crippen LogP) is 0.740. The minimum Gasteiger partial charge on any atom is -0.481 e. The van der Waals surface area contributed by atoms with Crippen molar-refractivity contribution in [3.05, 3.63) is 0 Å². The lowest BCUT2D eigenvalue weighted by molar-refractivity contribution is -0.134. The van der Waals surface area contributed by atoms with Crippen molar-refractivity contribution in [2.24, 2.45) is 0 Å². The molecule has 4 nitrogen and oxygen atoms in total. The van der Waals surface area contributed by atoms with Crippen molar-refractivity contribution in [1.82, 2.24) is 10.2 Å². The average Bonchev–Trinajstić information content (AvgIpc) is 2.51. The molecule has 1 saturated heterocycles. The van der Waals surface area contributed by atoms with Gasteiger partial charge in [0.25, 0.3) is 5.97 Å². The van der Waals surface area contributed by atoms with Crippen molar-refractivity contribution < 1.29 is 9.90 Å². The van der Waals surface area contributed by atoms with Gasteiger partial charge >= 0.3 is 0 Å². The Balaban J connectivity index is 0.000000310. The molecule has 0 bridgehead atoms. The van der Waals surface area contributed by atoms with E-state index in [2.05, 4.69) is 17.1 Å². The van der Waals surface area contributed by atoms with Crippen LogP contribution in [0.4, 0.5) is 0 Å². The first kappa shape index (κ1) is 12.4. The molecule has 78 valence electrons. The van der Waals surface area contributed by atoms with Gasteiger partial charge in [0.1, 0.15) is 0 Å². The average molecular weight is 188 g/mol. The van der Waals surface area contributed by atoms with Gasteiger partial charge in [0, 0.05) is 26.7 Å². The zero-order valence-electron chi connectivity index (χ0n) is 8.55. The zero-order valence-corrected chi connectivity index (χ0v) is 8.55. The quantitative estimate of drug-likeness (QED) is 0.686. The van der Waals surface area contributed by atoms with Crippen LogP contribution in [0, 0.1) is 0 Å². The molecule has 0 spiro atoms. The molecule has 1 aliphatic heterocycles. The number of carboxylic acid groups (broad SMARTS) is 1. The van der Waals surface area contributed by atoms with E-state index in [0.29, 0.717) is 0 Å². The topological polar surface area (TPSA) is 52.6 Å². The van der Waals surface area contributed by atoms with Crippen LogP contribution in [0.5, 0.6) is 0 Å². The number of nitrogens with zero attached hydrogens (tertiary/aromatic N) is 1. The van der Waals surface area contributed by atoms with E-state index in [-0.39, 0.29) is 0 Å². The van der Waals surface area contributed by atoms with Crippen molar-refractivity contribution in [2.45, 2.75) is 26.7 Å². The Bertz CT molecular complexity index is 130. The molecule has 1 aliphatic rings.